The smallest absolute Gasteiger partial charge is 0.433 e. The molecule has 0 aromatic heterocycles. The summed E-state index contributed by atoms with van der Waals surface area (Å²) in [5.41, 5.74) is 1.99. The van der Waals surface area contributed by atoms with Crippen molar-refractivity contribution in [2.75, 3.05) is 40.5 Å². The maximum absolute atomic E-state index is 12.2. The predicted octanol–water partition coefficient (Wildman–Crippen LogP) is -0.0169. The van der Waals surface area contributed by atoms with Crippen LogP contribution in [0.15, 0.2) is 11.5 Å². The van der Waals surface area contributed by atoms with Crippen LogP contribution in [0, 0.1) is 0 Å². The minimum absolute atomic E-state index is 0.0624. The third-order valence-electron chi connectivity index (χ3n) is 2.88. The Bertz CT molecular complexity index is 493. The average Bonchev–Trinajstić information content (AvgIpc) is 2.92. The van der Waals surface area contributed by atoms with E-state index in [1.165, 1.54) is 7.11 Å². The van der Waals surface area contributed by atoms with E-state index in [2.05, 4.69) is 10.7 Å². The van der Waals surface area contributed by atoms with Crippen LogP contribution < -0.4 is 10.7 Å². The zero-order chi connectivity index (χ0) is 17.4. The van der Waals surface area contributed by atoms with Gasteiger partial charge in [0.25, 0.3) is 0 Å². The molecular formula is C13H22N4O6. The summed E-state index contributed by atoms with van der Waals surface area (Å²) in [4.78, 5) is 37.7. The van der Waals surface area contributed by atoms with E-state index in [-0.39, 0.29) is 18.9 Å². The van der Waals surface area contributed by atoms with Crippen LogP contribution in [0.2, 0.25) is 0 Å². The van der Waals surface area contributed by atoms with Gasteiger partial charge in [-0.15, -0.1) is 0 Å². The number of rotatable bonds is 4. The highest BCUT2D eigenvalue weighted by Crippen LogP contribution is 2.16. The van der Waals surface area contributed by atoms with Crippen LogP contribution in [-0.4, -0.2) is 68.5 Å². The Hall–Kier alpha value is -2.65. The SMILES string of the molecule is CCOC(=O)NN(C(=O)OCC)C(C(=O)OC)=C1NCCN1C. The molecule has 10 heteroatoms. The molecule has 1 aliphatic heterocycles. The molecule has 0 aromatic rings. The van der Waals surface area contributed by atoms with E-state index in [4.69, 9.17) is 14.2 Å². The number of likely N-dealkylation sites (N-methyl/N-ethyl adjacent to an activating group) is 1. The quantitative estimate of drug-likeness (QED) is 0.320. The van der Waals surface area contributed by atoms with Crippen LogP contribution in [-0.2, 0) is 19.0 Å². The van der Waals surface area contributed by atoms with E-state index in [1.54, 1.807) is 25.8 Å². The first-order valence-corrected chi connectivity index (χ1v) is 7.14. The van der Waals surface area contributed by atoms with Gasteiger partial charge >= 0.3 is 18.2 Å². The summed E-state index contributed by atoms with van der Waals surface area (Å²) in [5, 5.41) is 3.65. The fourth-order valence-corrected chi connectivity index (χ4v) is 1.88. The van der Waals surface area contributed by atoms with Crippen molar-refractivity contribution < 1.29 is 28.6 Å². The Kier molecular flexibility index (Phi) is 6.97. The number of esters is 1. The molecular weight excluding hydrogens is 308 g/mol. The van der Waals surface area contributed by atoms with Crippen LogP contribution in [0.1, 0.15) is 13.8 Å². The highest BCUT2D eigenvalue weighted by molar-refractivity contribution is 5.93. The Morgan fingerprint density at radius 2 is 1.91 bits per heavy atom. The minimum Gasteiger partial charge on any atom is -0.464 e. The van der Waals surface area contributed by atoms with Gasteiger partial charge in [-0.25, -0.2) is 19.8 Å². The molecule has 0 saturated carbocycles. The number of carbonyl (C=O) groups is 3. The second kappa shape index (κ2) is 8.71. The van der Waals surface area contributed by atoms with E-state index < -0.39 is 18.2 Å². The van der Waals surface area contributed by atoms with Gasteiger partial charge in [0.1, 0.15) is 5.82 Å². The summed E-state index contributed by atoms with van der Waals surface area (Å²) in [5.74, 6) is -0.479. The number of methoxy groups -OCH3 is 1. The maximum atomic E-state index is 12.2. The molecule has 1 saturated heterocycles. The third kappa shape index (κ3) is 4.66. The van der Waals surface area contributed by atoms with Crippen molar-refractivity contribution in [2.24, 2.45) is 0 Å². The normalized spacial score (nSPS) is 15.4. The van der Waals surface area contributed by atoms with Gasteiger partial charge in [-0.3, -0.25) is 0 Å². The van der Waals surface area contributed by atoms with E-state index in [9.17, 15) is 14.4 Å². The Morgan fingerprint density at radius 3 is 2.39 bits per heavy atom. The second-order valence-corrected chi connectivity index (χ2v) is 4.40. The third-order valence-corrected chi connectivity index (χ3v) is 2.88. The Labute approximate surface area is 134 Å². The molecule has 0 unspecified atom stereocenters. The van der Waals surface area contributed by atoms with E-state index >= 15 is 0 Å². The van der Waals surface area contributed by atoms with Crippen molar-refractivity contribution in [1.82, 2.24) is 20.7 Å². The second-order valence-electron chi connectivity index (χ2n) is 4.40. The van der Waals surface area contributed by atoms with Crippen molar-refractivity contribution >= 4 is 18.2 Å². The number of hydrazine groups is 1. The van der Waals surface area contributed by atoms with Crippen LogP contribution in [0.25, 0.3) is 0 Å². The first-order valence-electron chi connectivity index (χ1n) is 7.14. The molecule has 1 heterocycles. The molecule has 2 N–H and O–H groups in total. The molecule has 0 bridgehead atoms. The lowest BCUT2D eigenvalue weighted by Crippen LogP contribution is -2.49. The molecule has 1 aliphatic rings. The van der Waals surface area contributed by atoms with Crippen molar-refractivity contribution in [1.29, 1.82) is 0 Å². The summed E-state index contributed by atoms with van der Waals surface area (Å²) in [6.07, 6.45) is -1.83. The molecule has 2 amide bonds. The number of ether oxygens (including phenoxy) is 3. The first-order chi connectivity index (χ1) is 11.0. The number of nitrogens with one attached hydrogen (secondary N) is 2. The van der Waals surface area contributed by atoms with E-state index in [1.807, 2.05) is 0 Å². The highest BCUT2D eigenvalue weighted by atomic mass is 16.6. The van der Waals surface area contributed by atoms with E-state index in [0.717, 1.165) is 0 Å². The van der Waals surface area contributed by atoms with Crippen molar-refractivity contribution in [2.45, 2.75) is 13.8 Å². The van der Waals surface area contributed by atoms with Crippen molar-refractivity contribution in [3.8, 4) is 0 Å². The topological polar surface area (TPSA) is 109 Å². The molecule has 0 aliphatic carbocycles. The summed E-state index contributed by atoms with van der Waals surface area (Å²) >= 11 is 0. The molecule has 1 fully saturated rings. The Balaban J connectivity index is 3.23. The average molecular weight is 330 g/mol. The zero-order valence-electron chi connectivity index (χ0n) is 13.7. The molecule has 0 radical (unpaired) electrons. The number of carbonyl (C=O) groups excluding carboxylic acids is 3. The van der Waals surface area contributed by atoms with Crippen molar-refractivity contribution in [3.63, 3.8) is 0 Å². The molecule has 23 heavy (non-hydrogen) atoms. The van der Waals surface area contributed by atoms with Gasteiger partial charge in [0, 0.05) is 20.1 Å². The lowest BCUT2D eigenvalue weighted by atomic mass is 10.4. The standard InChI is InChI=1S/C13H22N4O6/c1-5-22-12(19)15-17(13(20)23-6-2)9(11(18)21-4)10-14-7-8-16(10)3/h14H,5-8H2,1-4H3,(H,15,19). The van der Waals surface area contributed by atoms with Gasteiger partial charge in [-0.05, 0) is 13.8 Å². The van der Waals surface area contributed by atoms with Crippen LogP contribution in [0.5, 0.6) is 0 Å². The Morgan fingerprint density at radius 1 is 1.26 bits per heavy atom. The molecule has 0 atom stereocenters. The zero-order valence-corrected chi connectivity index (χ0v) is 13.7. The number of hydrogen-bond donors (Lipinski definition) is 2. The number of hydrogen-bond acceptors (Lipinski definition) is 8. The summed E-state index contributed by atoms with van der Waals surface area (Å²) in [7, 11) is 2.90. The van der Waals surface area contributed by atoms with Crippen LogP contribution in [0.3, 0.4) is 0 Å². The lowest BCUT2D eigenvalue weighted by Gasteiger charge is -2.26. The number of amides is 2. The maximum Gasteiger partial charge on any atom is 0.433 e. The lowest BCUT2D eigenvalue weighted by molar-refractivity contribution is -0.138. The fraction of sp³-hybridized carbons (Fsp3) is 0.615. The minimum atomic E-state index is -0.935. The largest absolute Gasteiger partial charge is 0.464 e. The van der Waals surface area contributed by atoms with Gasteiger partial charge in [0.15, 0.2) is 5.70 Å². The predicted molar refractivity (Wildman–Crippen MR) is 78.7 cm³/mol. The van der Waals surface area contributed by atoms with Gasteiger partial charge in [0.05, 0.1) is 20.3 Å². The van der Waals surface area contributed by atoms with Gasteiger partial charge < -0.3 is 24.4 Å². The molecule has 0 aromatic carbocycles. The highest BCUT2D eigenvalue weighted by Gasteiger charge is 2.34. The fourth-order valence-electron chi connectivity index (χ4n) is 1.88. The van der Waals surface area contributed by atoms with Crippen LogP contribution >= 0.6 is 0 Å². The molecule has 1 rings (SSSR count). The molecule has 130 valence electrons. The number of nitrogens with zero attached hydrogens (tertiary/aromatic N) is 2. The summed E-state index contributed by atoms with van der Waals surface area (Å²) in [6.45, 7) is 4.57. The van der Waals surface area contributed by atoms with Crippen molar-refractivity contribution in [3.05, 3.63) is 11.5 Å². The molecule has 0 spiro atoms. The summed E-state index contributed by atoms with van der Waals surface area (Å²) in [6, 6.07) is 0. The van der Waals surface area contributed by atoms with Gasteiger partial charge in [-0.1, -0.05) is 0 Å². The van der Waals surface area contributed by atoms with Gasteiger partial charge in [0.2, 0.25) is 0 Å². The van der Waals surface area contributed by atoms with E-state index in [0.29, 0.717) is 23.9 Å². The monoisotopic (exact) mass is 330 g/mol. The summed E-state index contributed by atoms with van der Waals surface area (Å²) < 4.78 is 14.3. The first kappa shape index (κ1) is 18.4. The molecule has 10 nitrogen and oxygen atoms in total. The van der Waals surface area contributed by atoms with Crippen LogP contribution in [0.4, 0.5) is 9.59 Å². The van der Waals surface area contributed by atoms with Gasteiger partial charge in [-0.2, -0.15) is 5.01 Å².